The van der Waals surface area contributed by atoms with Crippen molar-refractivity contribution in [3.05, 3.63) is 0 Å². The van der Waals surface area contributed by atoms with Crippen LogP contribution < -0.4 is 5.32 Å². The van der Waals surface area contributed by atoms with Crippen molar-refractivity contribution in [2.24, 2.45) is 4.99 Å². The molecule has 2 heteroatoms. The second-order valence-corrected chi connectivity index (χ2v) is 4.07. The van der Waals surface area contributed by atoms with Crippen LogP contribution in [0.2, 0.25) is 0 Å². The van der Waals surface area contributed by atoms with Crippen molar-refractivity contribution in [2.45, 2.75) is 66.0 Å². The second-order valence-electron chi connectivity index (χ2n) is 4.07. The second kappa shape index (κ2) is 6.93. The zero-order valence-electron chi connectivity index (χ0n) is 9.72. The number of nitrogens with one attached hydrogen (secondary N) is 1. The van der Waals surface area contributed by atoms with E-state index >= 15 is 0 Å². The molecule has 0 unspecified atom stereocenters. The molecule has 0 spiro atoms. The van der Waals surface area contributed by atoms with E-state index in [1.54, 1.807) is 0 Å². The van der Waals surface area contributed by atoms with Crippen molar-refractivity contribution < 1.29 is 0 Å². The maximum Gasteiger partial charge on any atom is 0.0968 e. The van der Waals surface area contributed by atoms with Crippen LogP contribution in [0.25, 0.3) is 0 Å². The molecule has 0 bridgehead atoms. The van der Waals surface area contributed by atoms with Gasteiger partial charge in [-0.25, -0.2) is 0 Å². The third-order valence-corrected chi connectivity index (χ3v) is 1.64. The highest BCUT2D eigenvalue weighted by Crippen LogP contribution is 1.99. The predicted molar refractivity (Wildman–Crippen MR) is 60.4 cm³/mol. The maximum absolute atomic E-state index is 4.56. The number of aliphatic imine (C=N–C) groups is 1. The van der Waals surface area contributed by atoms with Crippen molar-refractivity contribution in [3.63, 3.8) is 0 Å². The van der Waals surface area contributed by atoms with E-state index in [-0.39, 0.29) is 0 Å². The van der Waals surface area contributed by atoms with Gasteiger partial charge in [0.15, 0.2) is 0 Å². The van der Waals surface area contributed by atoms with E-state index in [0.717, 1.165) is 6.42 Å². The fourth-order valence-corrected chi connectivity index (χ4v) is 1.16. The van der Waals surface area contributed by atoms with Crippen molar-refractivity contribution in [1.82, 2.24) is 5.32 Å². The van der Waals surface area contributed by atoms with Gasteiger partial charge in [-0.2, -0.15) is 0 Å². The summed E-state index contributed by atoms with van der Waals surface area (Å²) in [5.41, 5.74) is 0. The van der Waals surface area contributed by atoms with E-state index in [0.29, 0.717) is 12.1 Å². The van der Waals surface area contributed by atoms with Crippen LogP contribution in [-0.4, -0.2) is 17.9 Å². The smallest absolute Gasteiger partial charge is 0.0968 e. The monoisotopic (exact) mass is 184 g/mol. The first-order chi connectivity index (χ1) is 6.06. The van der Waals surface area contributed by atoms with Crippen molar-refractivity contribution in [2.75, 3.05) is 0 Å². The number of hydrogen-bond acceptors (Lipinski definition) is 1. The Bertz CT molecular complexity index is 148. The zero-order chi connectivity index (χ0) is 10.3. The van der Waals surface area contributed by atoms with Gasteiger partial charge in [-0.1, -0.05) is 13.3 Å². The molecule has 0 aliphatic heterocycles. The number of nitrogens with zero attached hydrogens (tertiary/aromatic N) is 1. The van der Waals surface area contributed by atoms with Crippen LogP contribution in [0.4, 0.5) is 0 Å². The Morgan fingerprint density at radius 1 is 1.23 bits per heavy atom. The van der Waals surface area contributed by atoms with Crippen LogP contribution in [0.3, 0.4) is 0 Å². The Labute approximate surface area is 82.8 Å². The van der Waals surface area contributed by atoms with Gasteiger partial charge in [0.2, 0.25) is 0 Å². The molecule has 0 aromatic rings. The Morgan fingerprint density at radius 3 is 2.23 bits per heavy atom. The molecule has 0 saturated carbocycles. The molecule has 0 aromatic heterocycles. The number of hydrogen-bond donors (Lipinski definition) is 1. The first-order valence-corrected chi connectivity index (χ1v) is 5.39. The fourth-order valence-electron chi connectivity index (χ4n) is 1.16. The van der Waals surface area contributed by atoms with Gasteiger partial charge >= 0.3 is 0 Å². The molecule has 2 nitrogen and oxygen atoms in total. The van der Waals surface area contributed by atoms with Gasteiger partial charge in [0.1, 0.15) is 0 Å². The third kappa shape index (κ3) is 7.82. The average molecular weight is 184 g/mol. The summed E-state index contributed by atoms with van der Waals surface area (Å²) in [7, 11) is 0. The minimum atomic E-state index is 0.401. The molecular formula is C11H24N2. The van der Waals surface area contributed by atoms with E-state index in [1.165, 1.54) is 18.7 Å². The lowest BCUT2D eigenvalue weighted by Gasteiger charge is -2.14. The summed E-state index contributed by atoms with van der Waals surface area (Å²) >= 11 is 0. The van der Waals surface area contributed by atoms with Gasteiger partial charge in [-0.15, -0.1) is 0 Å². The third-order valence-electron chi connectivity index (χ3n) is 1.64. The molecule has 0 saturated heterocycles. The standard InChI is InChI=1S/C11H24N2/c1-6-7-8-11(12-9(2)3)13-10(4)5/h9-10H,6-8H2,1-5H3,(H,12,13). The Balaban J connectivity index is 4.02. The largest absolute Gasteiger partial charge is 0.372 e. The highest BCUT2D eigenvalue weighted by atomic mass is 15.0. The highest BCUT2D eigenvalue weighted by Gasteiger charge is 2.01. The van der Waals surface area contributed by atoms with Crippen LogP contribution in [0, 0.1) is 0 Å². The number of rotatable bonds is 5. The van der Waals surface area contributed by atoms with Gasteiger partial charge in [0, 0.05) is 18.5 Å². The lowest BCUT2D eigenvalue weighted by molar-refractivity contribution is 0.690. The molecule has 0 aliphatic carbocycles. The SMILES string of the molecule is CCCCC(=NC(C)C)NC(C)C. The predicted octanol–water partition coefficient (Wildman–Crippen LogP) is 2.98. The summed E-state index contributed by atoms with van der Waals surface area (Å²) < 4.78 is 0. The first kappa shape index (κ1) is 12.5. The van der Waals surface area contributed by atoms with Gasteiger partial charge < -0.3 is 5.32 Å². The summed E-state index contributed by atoms with van der Waals surface area (Å²) in [6.07, 6.45) is 3.55. The molecule has 0 aromatic carbocycles. The number of unbranched alkanes of at least 4 members (excludes halogenated alkanes) is 1. The van der Waals surface area contributed by atoms with Crippen LogP contribution in [0.1, 0.15) is 53.9 Å². The quantitative estimate of drug-likeness (QED) is 0.515. The van der Waals surface area contributed by atoms with Gasteiger partial charge in [0.05, 0.1) is 5.84 Å². The Morgan fingerprint density at radius 2 is 1.85 bits per heavy atom. The van der Waals surface area contributed by atoms with Crippen LogP contribution in [0.5, 0.6) is 0 Å². The summed E-state index contributed by atoms with van der Waals surface area (Å²) in [4.78, 5) is 4.56. The molecule has 13 heavy (non-hydrogen) atoms. The van der Waals surface area contributed by atoms with E-state index in [1.807, 2.05) is 0 Å². The Kier molecular flexibility index (Phi) is 6.65. The molecule has 78 valence electrons. The molecule has 0 rings (SSSR count). The molecule has 1 N–H and O–H groups in total. The lowest BCUT2D eigenvalue weighted by atomic mass is 10.2. The fraction of sp³-hybridized carbons (Fsp3) is 0.909. The van der Waals surface area contributed by atoms with Crippen LogP contribution >= 0.6 is 0 Å². The van der Waals surface area contributed by atoms with E-state index < -0.39 is 0 Å². The minimum absolute atomic E-state index is 0.401. The lowest BCUT2D eigenvalue weighted by Crippen LogP contribution is -2.31. The average Bonchev–Trinajstić information content (AvgIpc) is 1.98. The summed E-state index contributed by atoms with van der Waals surface area (Å²) in [6.45, 7) is 10.8. The van der Waals surface area contributed by atoms with E-state index in [9.17, 15) is 0 Å². The Hall–Kier alpha value is -0.530. The van der Waals surface area contributed by atoms with Gasteiger partial charge in [-0.3, -0.25) is 4.99 Å². The highest BCUT2D eigenvalue weighted by molar-refractivity contribution is 5.82. The number of amidine groups is 1. The summed E-state index contributed by atoms with van der Waals surface area (Å²) in [5, 5.41) is 3.40. The summed E-state index contributed by atoms with van der Waals surface area (Å²) in [6, 6.07) is 0.896. The minimum Gasteiger partial charge on any atom is -0.372 e. The molecule has 0 aliphatic rings. The molecule has 0 fully saturated rings. The van der Waals surface area contributed by atoms with Crippen molar-refractivity contribution in [1.29, 1.82) is 0 Å². The molecule has 0 amide bonds. The topological polar surface area (TPSA) is 24.4 Å². The molecule has 0 radical (unpaired) electrons. The van der Waals surface area contributed by atoms with E-state index in [2.05, 4.69) is 44.9 Å². The molecule has 0 heterocycles. The van der Waals surface area contributed by atoms with Crippen molar-refractivity contribution in [3.8, 4) is 0 Å². The van der Waals surface area contributed by atoms with Gasteiger partial charge in [0.25, 0.3) is 0 Å². The molecular weight excluding hydrogens is 160 g/mol. The maximum atomic E-state index is 4.56. The molecule has 0 atom stereocenters. The summed E-state index contributed by atoms with van der Waals surface area (Å²) in [5.74, 6) is 1.17. The van der Waals surface area contributed by atoms with Crippen LogP contribution in [0.15, 0.2) is 4.99 Å². The normalized spacial score (nSPS) is 12.7. The van der Waals surface area contributed by atoms with E-state index in [4.69, 9.17) is 0 Å². The van der Waals surface area contributed by atoms with Crippen LogP contribution in [-0.2, 0) is 0 Å². The zero-order valence-corrected chi connectivity index (χ0v) is 9.72. The van der Waals surface area contributed by atoms with Crippen molar-refractivity contribution >= 4 is 5.84 Å². The van der Waals surface area contributed by atoms with Gasteiger partial charge in [-0.05, 0) is 34.1 Å². The first-order valence-electron chi connectivity index (χ1n) is 5.39.